The van der Waals surface area contributed by atoms with Crippen molar-refractivity contribution >= 4 is 0 Å². The van der Waals surface area contributed by atoms with E-state index in [0.29, 0.717) is 12.5 Å². The predicted octanol–water partition coefficient (Wildman–Crippen LogP) is 3.53. The molecule has 0 amide bonds. The molecule has 0 bridgehead atoms. The van der Waals surface area contributed by atoms with Gasteiger partial charge in [0.25, 0.3) is 0 Å². The Morgan fingerprint density at radius 2 is 2.13 bits per heavy atom. The molecule has 1 aromatic heterocycles. The number of rotatable bonds is 3. The maximum absolute atomic E-state index is 5.58. The summed E-state index contributed by atoms with van der Waals surface area (Å²) < 4.78 is 5.58. The van der Waals surface area contributed by atoms with Crippen LogP contribution in [0.25, 0.3) is 0 Å². The topological polar surface area (TPSA) is 22.1 Å². The molecule has 1 fully saturated rings. The highest BCUT2D eigenvalue weighted by atomic mass is 16.5. The highest BCUT2D eigenvalue weighted by Gasteiger charge is 2.19. The van der Waals surface area contributed by atoms with Crippen molar-refractivity contribution in [1.82, 2.24) is 4.98 Å². The molecule has 0 unspecified atom stereocenters. The first-order chi connectivity index (χ1) is 7.42. The summed E-state index contributed by atoms with van der Waals surface area (Å²) in [5.74, 6) is 1.53. The molecule has 0 radical (unpaired) electrons. The maximum Gasteiger partial charge on any atom is 0.216 e. The van der Waals surface area contributed by atoms with Crippen LogP contribution in [0.2, 0.25) is 0 Å². The van der Waals surface area contributed by atoms with Crippen molar-refractivity contribution in [2.24, 2.45) is 0 Å². The van der Waals surface area contributed by atoms with Gasteiger partial charge in [-0.1, -0.05) is 25.3 Å². The number of hydrogen-bond acceptors (Lipinski definition) is 2. The lowest BCUT2D eigenvalue weighted by atomic mass is 9.84. The van der Waals surface area contributed by atoms with E-state index in [1.54, 1.807) is 0 Å². The van der Waals surface area contributed by atoms with Gasteiger partial charge in [0.15, 0.2) is 0 Å². The minimum Gasteiger partial charge on any atom is -0.478 e. The van der Waals surface area contributed by atoms with Crippen molar-refractivity contribution in [3.63, 3.8) is 0 Å². The summed E-state index contributed by atoms with van der Waals surface area (Å²) in [5.41, 5.74) is 1.32. The molecule has 1 aliphatic rings. The Kier molecular flexibility index (Phi) is 3.59. The Hall–Kier alpha value is -1.05. The molecule has 1 heterocycles. The summed E-state index contributed by atoms with van der Waals surface area (Å²) in [6.45, 7) is 2.72. The molecule has 0 spiro atoms. The van der Waals surface area contributed by atoms with E-state index in [0.717, 1.165) is 5.88 Å². The first-order valence-corrected chi connectivity index (χ1v) is 5.99. The molecule has 2 heteroatoms. The zero-order valence-corrected chi connectivity index (χ0v) is 9.41. The van der Waals surface area contributed by atoms with Gasteiger partial charge >= 0.3 is 0 Å². The second kappa shape index (κ2) is 5.15. The molecular weight excluding hydrogens is 186 g/mol. The van der Waals surface area contributed by atoms with E-state index in [-0.39, 0.29) is 0 Å². The Morgan fingerprint density at radius 1 is 1.33 bits per heavy atom. The van der Waals surface area contributed by atoms with E-state index in [9.17, 15) is 0 Å². The molecule has 0 atom stereocenters. The molecule has 82 valence electrons. The molecule has 15 heavy (non-hydrogen) atoms. The quantitative estimate of drug-likeness (QED) is 0.753. The van der Waals surface area contributed by atoms with Crippen molar-refractivity contribution < 1.29 is 4.74 Å². The number of hydrogen-bond donors (Lipinski definition) is 0. The average molecular weight is 205 g/mol. The minimum atomic E-state index is 0.675. The van der Waals surface area contributed by atoms with Crippen molar-refractivity contribution in [1.29, 1.82) is 0 Å². The van der Waals surface area contributed by atoms with E-state index < -0.39 is 0 Å². The van der Waals surface area contributed by atoms with Gasteiger partial charge in [-0.05, 0) is 31.7 Å². The van der Waals surface area contributed by atoms with Crippen LogP contribution in [0.1, 0.15) is 50.5 Å². The summed E-state index contributed by atoms with van der Waals surface area (Å²) in [4.78, 5) is 4.32. The molecule has 1 aromatic rings. The lowest BCUT2D eigenvalue weighted by molar-refractivity contribution is 0.315. The van der Waals surface area contributed by atoms with Gasteiger partial charge in [-0.2, -0.15) is 0 Å². The third-order valence-corrected chi connectivity index (χ3v) is 3.13. The molecule has 2 rings (SSSR count). The Labute approximate surface area is 91.7 Å². The smallest absolute Gasteiger partial charge is 0.216 e. The van der Waals surface area contributed by atoms with Crippen LogP contribution in [-0.2, 0) is 0 Å². The van der Waals surface area contributed by atoms with Gasteiger partial charge in [0, 0.05) is 11.8 Å². The number of aromatic nitrogens is 1. The second-order valence-electron chi connectivity index (χ2n) is 4.17. The van der Waals surface area contributed by atoms with Crippen molar-refractivity contribution in [3.05, 3.63) is 23.9 Å². The minimum absolute atomic E-state index is 0.675. The summed E-state index contributed by atoms with van der Waals surface area (Å²) >= 11 is 0. The van der Waals surface area contributed by atoms with E-state index >= 15 is 0 Å². The molecule has 0 N–H and O–H groups in total. The standard InChI is InChI=1S/C13H19NO/c1-2-15-13-12(9-6-10-14-13)11-7-4-3-5-8-11/h6,9-11H,2-5,7-8H2,1H3. The fraction of sp³-hybridized carbons (Fsp3) is 0.615. The lowest BCUT2D eigenvalue weighted by Gasteiger charge is -2.23. The largest absolute Gasteiger partial charge is 0.478 e. The summed E-state index contributed by atoms with van der Waals surface area (Å²) in [6.07, 6.45) is 8.51. The van der Waals surface area contributed by atoms with Crippen LogP contribution in [0.4, 0.5) is 0 Å². The van der Waals surface area contributed by atoms with Gasteiger partial charge in [-0.15, -0.1) is 0 Å². The van der Waals surface area contributed by atoms with E-state index in [1.807, 2.05) is 19.2 Å². The predicted molar refractivity (Wildman–Crippen MR) is 61.2 cm³/mol. The van der Waals surface area contributed by atoms with Gasteiger partial charge in [0.05, 0.1) is 6.61 Å². The van der Waals surface area contributed by atoms with Crippen LogP contribution in [0.15, 0.2) is 18.3 Å². The highest BCUT2D eigenvalue weighted by Crippen LogP contribution is 2.36. The summed E-state index contributed by atoms with van der Waals surface area (Å²) in [7, 11) is 0. The molecule has 1 aliphatic carbocycles. The van der Waals surface area contributed by atoms with Gasteiger partial charge in [-0.3, -0.25) is 0 Å². The first-order valence-electron chi connectivity index (χ1n) is 5.99. The number of ether oxygens (including phenoxy) is 1. The Balaban J connectivity index is 2.17. The maximum atomic E-state index is 5.58. The molecule has 2 nitrogen and oxygen atoms in total. The molecule has 1 saturated carbocycles. The van der Waals surface area contributed by atoms with Gasteiger partial charge < -0.3 is 4.74 Å². The van der Waals surface area contributed by atoms with Crippen molar-refractivity contribution in [2.75, 3.05) is 6.61 Å². The number of nitrogens with zero attached hydrogens (tertiary/aromatic N) is 1. The van der Waals surface area contributed by atoms with Crippen LogP contribution in [0.3, 0.4) is 0 Å². The van der Waals surface area contributed by atoms with Crippen LogP contribution >= 0.6 is 0 Å². The summed E-state index contributed by atoms with van der Waals surface area (Å²) in [5, 5.41) is 0. The third-order valence-electron chi connectivity index (χ3n) is 3.13. The molecule has 0 aromatic carbocycles. The SMILES string of the molecule is CCOc1ncccc1C1CCCCC1. The number of pyridine rings is 1. The summed E-state index contributed by atoms with van der Waals surface area (Å²) in [6, 6.07) is 4.19. The van der Waals surface area contributed by atoms with Crippen LogP contribution in [0, 0.1) is 0 Å². The molecule has 0 saturated heterocycles. The zero-order chi connectivity index (χ0) is 10.5. The Morgan fingerprint density at radius 3 is 2.87 bits per heavy atom. The molecule has 0 aliphatic heterocycles. The molecular formula is C13H19NO. The van der Waals surface area contributed by atoms with Crippen molar-refractivity contribution in [3.8, 4) is 5.88 Å². The third kappa shape index (κ3) is 2.49. The average Bonchev–Trinajstić information content (AvgIpc) is 2.31. The normalized spacial score (nSPS) is 17.7. The second-order valence-corrected chi connectivity index (χ2v) is 4.17. The van der Waals surface area contributed by atoms with Gasteiger partial charge in [0.2, 0.25) is 5.88 Å². The van der Waals surface area contributed by atoms with Crippen molar-refractivity contribution in [2.45, 2.75) is 44.9 Å². The van der Waals surface area contributed by atoms with Crippen LogP contribution in [0.5, 0.6) is 5.88 Å². The van der Waals surface area contributed by atoms with E-state index in [1.165, 1.54) is 37.7 Å². The zero-order valence-electron chi connectivity index (χ0n) is 9.41. The van der Waals surface area contributed by atoms with Gasteiger partial charge in [-0.25, -0.2) is 4.98 Å². The van der Waals surface area contributed by atoms with E-state index in [4.69, 9.17) is 4.74 Å². The van der Waals surface area contributed by atoms with Gasteiger partial charge in [0.1, 0.15) is 0 Å². The monoisotopic (exact) mass is 205 g/mol. The fourth-order valence-electron chi connectivity index (χ4n) is 2.38. The highest BCUT2D eigenvalue weighted by molar-refractivity contribution is 5.29. The first kappa shape index (κ1) is 10.5. The van der Waals surface area contributed by atoms with E-state index in [2.05, 4.69) is 11.1 Å². The van der Waals surface area contributed by atoms with Crippen LogP contribution < -0.4 is 4.74 Å². The Bertz CT molecular complexity index is 305. The lowest BCUT2D eigenvalue weighted by Crippen LogP contribution is -2.08. The fourth-order valence-corrected chi connectivity index (χ4v) is 2.38. The van der Waals surface area contributed by atoms with Crippen LogP contribution in [-0.4, -0.2) is 11.6 Å².